The van der Waals surface area contributed by atoms with Crippen LogP contribution in [0, 0.1) is 11.3 Å². The maximum absolute atomic E-state index is 12.2. The molecule has 0 spiro atoms. The van der Waals surface area contributed by atoms with Gasteiger partial charge in [0.2, 0.25) is 0 Å². The monoisotopic (exact) mass is 497 g/mol. The first kappa shape index (κ1) is 25.5. The summed E-state index contributed by atoms with van der Waals surface area (Å²) in [6.45, 7) is -0.910. The zero-order chi connectivity index (χ0) is 26.0. The Labute approximate surface area is 207 Å². The van der Waals surface area contributed by atoms with Crippen molar-refractivity contribution in [1.29, 1.82) is 5.26 Å². The number of benzene rings is 2. The number of hydrogen-bond acceptors (Lipinski definition) is 6. The topological polar surface area (TPSA) is 87.4 Å². The lowest BCUT2D eigenvalue weighted by Gasteiger charge is -2.40. The number of rotatable bonds is 4. The van der Waals surface area contributed by atoms with E-state index in [1.165, 1.54) is 7.05 Å². The van der Waals surface area contributed by atoms with E-state index in [0.717, 1.165) is 17.5 Å². The van der Waals surface area contributed by atoms with Crippen LogP contribution < -0.4 is 14.8 Å². The standard InChI is InChI=1S/C24H20N2O3.C3H6F3N/c1-28-20-14-26-15-21-22(20)23(27)12-11-19(17-5-3-2-4-6-17)24(23,29-21)18-9-7-16(13-25)8-10-18;1-7-2-3(4,5)6/h2-10,14-15,19,27H,11-12H2,1H3;7H,2H2,1H3. The fraction of sp³-hybridized carbons (Fsp3) is 0.333. The second-order valence-electron chi connectivity index (χ2n) is 8.75. The van der Waals surface area contributed by atoms with Crippen LogP contribution in [0.3, 0.4) is 0 Å². The Hall–Kier alpha value is -3.61. The van der Waals surface area contributed by atoms with E-state index in [4.69, 9.17) is 9.47 Å². The van der Waals surface area contributed by atoms with Gasteiger partial charge < -0.3 is 19.9 Å². The van der Waals surface area contributed by atoms with Crippen molar-refractivity contribution >= 4 is 0 Å². The van der Waals surface area contributed by atoms with Crippen LogP contribution >= 0.6 is 0 Å². The summed E-state index contributed by atoms with van der Waals surface area (Å²) in [6, 6.07) is 19.6. The SMILES string of the molecule is CNCC(F)(F)F.COc1cncc2c1C1(O)CCC(c3ccccc3)C1(c1ccc(C#N)cc1)O2. The van der Waals surface area contributed by atoms with Crippen LogP contribution in [0.1, 0.15) is 41.0 Å². The molecular weight excluding hydrogens is 471 g/mol. The zero-order valence-electron chi connectivity index (χ0n) is 19.8. The summed E-state index contributed by atoms with van der Waals surface area (Å²) in [6.07, 6.45) is 0.479. The Morgan fingerprint density at radius 3 is 2.42 bits per heavy atom. The largest absolute Gasteiger partial charge is 0.495 e. The first-order valence-corrected chi connectivity index (χ1v) is 11.4. The normalized spacial score (nSPS) is 24.0. The number of methoxy groups -OCH3 is 1. The summed E-state index contributed by atoms with van der Waals surface area (Å²) >= 11 is 0. The maximum atomic E-state index is 12.2. The number of halogens is 3. The second-order valence-corrected chi connectivity index (χ2v) is 8.75. The summed E-state index contributed by atoms with van der Waals surface area (Å²) in [5.74, 6) is 0.991. The van der Waals surface area contributed by atoms with Crippen molar-refractivity contribution in [2.45, 2.75) is 36.1 Å². The molecule has 3 unspecified atom stereocenters. The van der Waals surface area contributed by atoms with Crippen LogP contribution in [0.5, 0.6) is 11.5 Å². The third-order valence-corrected chi connectivity index (χ3v) is 6.70. The lowest BCUT2D eigenvalue weighted by Crippen LogP contribution is -2.48. The van der Waals surface area contributed by atoms with Crippen LogP contribution in [0.4, 0.5) is 13.2 Å². The molecule has 0 radical (unpaired) electrons. The highest BCUT2D eigenvalue weighted by atomic mass is 19.4. The van der Waals surface area contributed by atoms with E-state index in [0.29, 0.717) is 29.0 Å². The lowest BCUT2D eigenvalue weighted by atomic mass is 9.71. The summed E-state index contributed by atoms with van der Waals surface area (Å²) in [4.78, 5) is 4.23. The van der Waals surface area contributed by atoms with Crippen molar-refractivity contribution in [3.05, 3.63) is 89.2 Å². The van der Waals surface area contributed by atoms with Gasteiger partial charge in [0.1, 0.15) is 17.1 Å². The highest BCUT2D eigenvalue weighted by molar-refractivity contribution is 5.57. The van der Waals surface area contributed by atoms with Crippen LogP contribution in [-0.2, 0) is 11.2 Å². The molecule has 0 saturated heterocycles. The lowest BCUT2D eigenvalue weighted by molar-refractivity contribution is -0.123. The highest BCUT2D eigenvalue weighted by Crippen LogP contribution is 2.67. The van der Waals surface area contributed by atoms with Gasteiger partial charge in [-0.25, -0.2) is 0 Å². The first-order chi connectivity index (χ1) is 17.2. The number of alkyl halides is 3. The average molecular weight is 498 g/mol. The Kier molecular flexibility index (Phi) is 6.94. The molecule has 2 aromatic carbocycles. The smallest absolute Gasteiger partial charge is 0.401 e. The Bertz CT molecular complexity index is 1250. The molecule has 1 saturated carbocycles. The van der Waals surface area contributed by atoms with E-state index in [2.05, 4.69) is 23.2 Å². The molecule has 2 aliphatic rings. The average Bonchev–Trinajstić information content (AvgIpc) is 3.31. The summed E-state index contributed by atoms with van der Waals surface area (Å²) in [7, 11) is 2.83. The van der Waals surface area contributed by atoms with Crippen molar-refractivity contribution in [3.8, 4) is 17.6 Å². The van der Waals surface area contributed by atoms with Gasteiger partial charge >= 0.3 is 6.18 Å². The first-order valence-electron chi connectivity index (χ1n) is 11.4. The number of hydrogen-bond donors (Lipinski definition) is 2. The highest BCUT2D eigenvalue weighted by Gasteiger charge is 2.69. The number of pyridine rings is 1. The third-order valence-electron chi connectivity index (χ3n) is 6.70. The number of aliphatic hydroxyl groups is 1. The van der Waals surface area contributed by atoms with E-state index in [1.807, 2.05) is 35.6 Å². The summed E-state index contributed by atoms with van der Waals surface area (Å²) in [5.41, 5.74) is 0.860. The quantitative estimate of drug-likeness (QED) is 0.539. The number of ether oxygens (including phenoxy) is 2. The molecule has 36 heavy (non-hydrogen) atoms. The number of nitriles is 1. The molecule has 5 rings (SSSR count). The molecule has 6 nitrogen and oxygen atoms in total. The number of nitrogens with one attached hydrogen (secondary N) is 1. The number of aromatic nitrogens is 1. The van der Waals surface area contributed by atoms with Crippen molar-refractivity contribution in [1.82, 2.24) is 10.3 Å². The fourth-order valence-corrected chi connectivity index (χ4v) is 5.31. The molecule has 9 heteroatoms. The van der Waals surface area contributed by atoms with Gasteiger partial charge in [-0.2, -0.15) is 18.4 Å². The molecule has 1 aromatic heterocycles. The Morgan fingerprint density at radius 2 is 1.86 bits per heavy atom. The summed E-state index contributed by atoms with van der Waals surface area (Å²) in [5, 5.41) is 23.4. The Balaban J connectivity index is 0.000000384. The van der Waals surface area contributed by atoms with Gasteiger partial charge in [-0.15, -0.1) is 0 Å². The van der Waals surface area contributed by atoms with Gasteiger partial charge in [0.25, 0.3) is 0 Å². The van der Waals surface area contributed by atoms with E-state index in [1.54, 1.807) is 31.6 Å². The van der Waals surface area contributed by atoms with Crippen molar-refractivity contribution in [2.75, 3.05) is 20.7 Å². The van der Waals surface area contributed by atoms with E-state index < -0.39 is 23.9 Å². The molecular formula is C27H26F3N3O3. The van der Waals surface area contributed by atoms with Gasteiger partial charge in [-0.1, -0.05) is 42.5 Å². The van der Waals surface area contributed by atoms with Gasteiger partial charge in [-0.3, -0.25) is 4.98 Å². The van der Waals surface area contributed by atoms with Gasteiger partial charge in [-0.05, 0) is 43.1 Å². The van der Waals surface area contributed by atoms with Gasteiger partial charge in [0.15, 0.2) is 5.60 Å². The van der Waals surface area contributed by atoms with Crippen LogP contribution in [0.25, 0.3) is 0 Å². The molecule has 2 N–H and O–H groups in total. The molecule has 3 atom stereocenters. The van der Waals surface area contributed by atoms with Gasteiger partial charge in [0, 0.05) is 5.92 Å². The van der Waals surface area contributed by atoms with Crippen molar-refractivity contribution in [2.24, 2.45) is 0 Å². The van der Waals surface area contributed by atoms with Crippen LogP contribution in [-0.4, -0.2) is 37.0 Å². The van der Waals surface area contributed by atoms with Crippen molar-refractivity contribution in [3.63, 3.8) is 0 Å². The predicted octanol–water partition coefficient (Wildman–Crippen LogP) is 4.78. The molecule has 3 aromatic rings. The minimum absolute atomic E-state index is 0.0706. The van der Waals surface area contributed by atoms with E-state index in [9.17, 15) is 23.5 Å². The minimum Gasteiger partial charge on any atom is -0.495 e. The predicted molar refractivity (Wildman–Crippen MR) is 127 cm³/mol. The fourth-order valence-electron chi connectivity index (χ4n) is 5.31. The van der Waals surface area contributed by atoms with Crippen molar-refractivity contribution < 1.29 is 27.8 Å². The number of fused-ring (bicyclic) bond motifs is 3. The molecule has 1 fully saturated rings. The Morgan fingerprint density at radius 1 is 1.17 bits per heavy atom. The molecule has 0 bridgehead atoms. The summed E-state index contributed by atoms with van der Waals surface area (Å²) < 4.78 is 45.1. The molecule has 2 heterocycles. The minimum atomic E-state index is -4.06. The van der Waals surface area contributed by atoms with Crippen LogP contribution in [0.2, 0.25) is 0 Å². The molecule has 0 amide bonds. The third kappa shape index (κ3) is 4.27. The van der Waals surface area contributed by atoms with E-state index >= 15 is 0 Å². The molecule has 188 valence electrons. The van der Waals surface area contributed by atoms with Crippen LogP contribution in [0.15, 0.2) is 67.0 Å². The maximum Gasteiger partial charge on any atom is 0.401 e. The number of nitrogens with zero attached hydrogens (tertiary/aromatic N) is 2. The van der Waals surface area contributed by atoms with Gasteiger partial charge in [0.05, 0.1) is 43.2 Å². The van der Waals surface area contributed by atoms with E-state index in [-0.39, 0.29) is 5.92 Å². The molecule has 1 aliphatic carbocycles. The second kappa shape index (κ2) is 9.80. The zero-order valence-corrected chi connectivity index (χ0v) is 19.8. The molecule has 1 aliphatic heterocycles.